The van der Waals surface area contributed by atoms with Gasteiger partial charge in [-0.3, -0.25) is 9.69 Å². The van der Waals surface area contributed by atoms with Gasteiger partial charge in [0, 0.05) is 39.3 Å². The van der Waals surface area contributed by atoms with Gasteiger partial charge in [-0.25, -0.2) is 0 Å². The number of carbonyl (C=O) groups is 1. The number of aliphatic hydroxyl groups is 1. The molecule has 1 aromatic rings. The molecule has 0 spiro atoms. The molecule has 1 aromatic carbocycles. The molecule has 2 fully saturated rings. The van der Waals surface area contributed by atoms with Crippen molar-refractivity contribution in [3.05, 3.63) is 29.8 Å². The van der Waals surface area contributed by atoms with E-state index in [-0.39, 0.29) is 42.5 Å². The van der Waals surface area contributed by atoms with E-state index in [1.165, 1.54) is 0 Å². The van der Waals surface area contributed by atoms with Crippen LogP contribution in [0.2, 0.25) is 0 Å². The normalized spacial score (nSPS) is 24.1. The van der Waals surface area contributed by atoms with Crippen molar-refractivity contribution in [2.75, 3.05) is 32.7 Å². The number of nitrogens with zero attached hydrogens (tertiary/aromatic N) is 2. The van der Waals surface area contributed by atoms with Gasteiger partial charge < -0.3 is 20.4 Å². The average molecular weight is 378 g/mol. The maximum absolute atomic E-state index is 12.4. The second kappa shape index (κ2) is 9.44. The highest BCUT2D eigenvalue weighted by Gasteiger charge is 2.32. The molecule has 0 saturated carbocycles. The molecule has 3 N–H and O–H groups in total. The van der Waals surface area contributed by atoms with Crippen LogP contribution < -0.4 is 5.32 Å². The third-order valence-electron chi connectivity index (χ3n) is 4.41. The quantitative estimate of drug-likeness (QED) is 0.719. The summed E-state index contributed by atoms with van der Waals surface area (Å²) in [6.45, 7) is 4.38. The summed E-state index contributed by atoms with van der Waals surface area (Å²) in [5.74, 6) is 0.394. The Kier molecular flexibility index (Phi) is 8.26. The molecule has 0 radical (unpaired) electrons. The Morgan fingerprint density at radius 3 is 2.50 bits per heavy atom. The number of carbonyl (C=O) groups excluding carboxylic acids is 1. The lowest BCUT2D eigenvalue weighted by molar-refractivity contribution is -0.135. The Bertz CT molecular complexity index is 539. The van der Waals surface area contributed by atoms with Gasteiger partial charge in [-0.15, -0.1) is 24.8 Å². The monoisotopic (exact) mass is 377 g/mol. The van der Waals surface area contributed by atoms with Crippen molar-refractivity contribution in [3.63, 3.8) is 0 Å². The molecule has 2 heterocycles. The number of β-amino-alcohol motifs (C(OH)–C–C–N with tert-alkyl or cyclic N) is 1. The predicted octanol–water partition coefficient (Wildman–Crippen LogP) is 0.603. The van der Waals surface area contributed by atoms with Crippen LogP contribution in [0.3, 0.4) is 0 Å². The van der Waals surface area contributed by atoms with E-state index in [0.29, 0.717) is 26.1 Å². The summed E-state index contributed by atoms with van der Waals surface area (Å²) >= 11 is 0. The Morgan fingerprint density at radius 2 is 1.92 bits per heavy atom. The lowest BCUT2D eigenvalue weighted by Gasteiger charge is -2.36. The van der Waals surface area contributed by atoms with Crippen molar-refractivity contribution < 1.29 is 15.0 Å². The Hall–Kier alpha value is -1.05. The standard InChI is InChI=1S/C16H23N3O3.2ClH/c20-13-3-1-2-12(8-13)11-18-4-6-19(7-5-18)16(22)15-9-14(21)10-17-15;;/h1-3,8,14-15,17,20-21H,4-7,9-11H2;2*1H. The molecule has 8 heteroatoms. The lowest BCUT2D eigenvalue weighted by Crippen LogP contribution is -2.52. The van der Waals surface area contributed by atoms with Crippen LogP contribution in [0.15, 0.2) is 24.3 Å². The summed E-state index contributed by atoms with van der Waals surface area (Å²) in [5.41, 5.74) is 1.08. The van der Waals surface area contributed by atoms with Gasteiger partial charge in [-0.1, -0.05) is 12.1 Å². The van der Waals surface area contributed by atoms with Crippen LogP contribution in [-0.2, 0) is 11.3 Å². The molecule has 136 valence electrons. The third-order valence-corrected chi connectivity index (χ3v) is 4.41. The molecule has 2 aliphatic heterocycles. The van der Waals surface area contributed by atoms with Gasteiger partial charge in [0.1, 0.15) is 5.75 Å². The summed E-state index contributed by atoms with van der Waals surface area (Å²) in [6.07, 6.45) is 0.114. The highest BCUT2D eigenvalue weighted by Crippen LogP contribution is 2.15. The highest BCUT2D eigenvalue weighted by atomic mass is 35.5. The summed E-state index contributed by atoms with van der Waals surface area (Å²) < 4.78 is 0. The van der Waals surface area contributed by atoms with Gasteiger partial charge in [-0.05, 0) is 24.1 Å². The van der Waals surface area contributed by atoms with E-state index in [9.17, 15) is 15.0 Å². The van der Waals surface area contributed by atoms with Gasteiger partial charge in [-0.2, -0.15) is 0 Å². The largest absolute Gasteiger partial charge is 0.508 e. The number of hydrogen-bond donors (Lipinski definition) is 3. The zero-order valence-electron chi connectivity index (χ0n) is 13.4. The van der Waals surface area contributed by atoms with Crippen LogP contribution in [-0.4, -0.2) is 70.8 Å². The number of aromatic hydroxyl groups is 1. The number of aliphatic hydroxyl groups excluding tert-OH is 1. The summed E-state index contributed by atoms with van der Waals surface area (Å²) in [4.78, 5) is 16.5. The Morgan fingerprint density at radius 1 is 1.21 bits per heavy atom. The highest BCUT2D eigenvalue weighted by molar-refractivity contribution is 5.85. The van der Waals surface area contributed by atoms with Gasteiger partial charge in [0.15, 0.2) is 0 Å². The maximum Gasteiger partial charge on any atom is 0.239 e. The van der Waals surface area contributed by atoms with E-state index in [1.54, 1.807) is 12.1 Å². The minimum atomic E-state index is -0.402. The van der Waals surface area contributed by atoms with E-state index in [2.05, 4.69) is 10.2 Å². The zero-order valence-corrected chi connectivity index (χ0v) is 15.1. The summed E-state index contributed by atoms with van der Waals surface area (Å²) in [7, 11) is 0. The minimum absolute atomic E-state index is 0. The van der Waals surface area contributed by atoms with Crippen LogP contribution in [0.1, 0.15) is 12.0 Å². The topological polar surface area (TPSA) is 76.0 Å². The number of nitrogens with one attached hydrogen (secondary N) is 1. The van der Waals surface area contributed by atoms with Gasteiger partial charge in [0.25, 0.3) is 0 Å². The van der Waals surface area contributed by atoms with Crippen LogP contribution in [0.4, 0.5) is 0 Å². The average Bonchev–Trinajstić information content (AvgIpc) is 2.94. The van der Waals surface area contributed by atoms with E-state index in [0.717, 1.165) is 25.2 Å². The zero-order chi connectivity index (χ0) is 15.5. The smallest absolute Gasteiger partial charge is 0.239 e. The van der Waals surface area contributed by atoms with Crippen molar-refractivity contribution in [2.45, 2.75) is 25.1 Å². The second-order valence-electron chi connectivity index (χ2n) is 6.12. The van der Waals surface area contributed by atoms with Crippen molar-refractivity contribution in [1.29, 1.82) is 0 Å². The Balaban J connectivity index is 0.00000144. The number of phenolic OH excluding ortho intramolecular Hbond substituents is 1. The number of halogens is 2. The van der Waals surface area contributed by atoms with Gasteiger partial charge in [0.05, 0.1) is 12.1 Å². The molecule has 2 unspecified atom stereocenters. The first kappa shape index (κ1) is 21.0. The molecule has 2 saturated heterocycles. The minimum Gasteiger partial charge on any atom is -0.508 e. The van der Waals surface area contributed by atoms with Crippen molar-refractivity contribution in [1.82, 2.24) is 15.1 Å². The van der Waals surface area contributed by atoms with Crippen molar-refractivity contribution in [3.8, 4) is 5.75 Å². The number of amides is 1. The summed E-state index contributed by atoms with van der Waals surface area (Å²) in [6, 6.07) is 7.07. The number of hydrogen-bond acceptors (Lipinski definition) is 5. The van der Waals surface area contributed by atoms with Crippen LogP contribution in [0, 0.1) is 0 Å². The molecule has 0 bridgehead atoms. The number of phenols is 1. The third kappa shape index (κ3) is 5.22. The van der Waals surface area contributed by atoms with Crippen LogP contribution in [0.25, 0.3) is 0 Å². The Labute approximate surface area is 154 Å². The first-order valence-electron chi connectivity index (χ1n) is 7.82. The maximum atomic E-state index is 12.4. The molecule has 24 heavy (non-hydrogen) atoms. The molecule has 1 amide bonds. The van der Waals surface area contributed by atoms with E-state index in [1.807, 2.05) is 17.0 Å². The molecule has 3 rings (SSSR count). The molecule has 0 aromatic heterocycles. The fourth-order valence-corrected chi connectivity index (χ4v) is 3.16. The van der Waals surface area contributed by atoms with Crippen LogP contribution in [0.5, 0.6) is 5.75 Å². The molecular formula is C16H25Cl2N3O3. The van der Waals surface area contributed by atoms with Crippen molar-refractivity contribution in [2.24, 2.45) is 0 Å². The molecule has 6 nitrogen and oxygen atoms in total. The van der Waals surface area contributed by atoms with E-state index in [4.69, 9.17) is 0 Å². The fourth-order valence-electron chi connectivity index (χ4n) is 3.16. The first-order chi connectivity index (χ1) is 10.6. The number of benzene rings is 1. The first-order valence-corrected chi connectivity index (χ1v) is 7.82. The van der Waals surface area contributed by atoms with Gasteiger partial charge >= 0.3 is 0 Å². The second-order valence-corrected chi connectivity index (χ2v) is 6.12. The SMILES string of the molecule is Cl.Cl.O=C(C1CC(O)CN1)N1CCN(Cc2cccc(O)c2)CC1. The van der Waals surface area contributed by atoms with Gasteiger partial charge in [0.2, 0.25) is 5.91 Å². The van der Waals surface area contributed by atoms with E-state index >= 15 is 0 Å². The molecule has 2 aliphatic rings. The molecule has 2 atom stereocenters. The summed E-state index contributed by atoms with van der Waals surface area (Å²) in [5, 5.41) is 22.1. The lowest BCUT2D eigenvalue weighted by atomic mass is 10.1. The van der Waals surface area contributed by atoms with Crippen molar-refractivity contribution >= 4 is 30.7 Å². The predicted molar refractivity (Wildman–Crippen MR) is 96.9 cm³/mol. The molecule has 0 aliphatic carbocycles. The fraction of sp³-hybridized carbons (Fsp3) is 0.562. The van der Waals surface area contributed by atoms with Crippen LogP contribution >= 0.6 is 24.8 Å². The molecular weight excluding hydrogens is 353 g/mol. The number of piperazine rings is 1. The van der Waals surface area contributed by atoms with E-state index < -0.39 is 6.10 Å². The number of rotatable bonds is 3.